The largest absolute Gasteiger partial charge is 0.489 e. The van der Waals surface area contributed by atoms with Gasteiger partial charge >= 0.3 is 0 Å². The van der Waals surface area contributed by atoms with Crippen molar-refractivity contribution < 1.29 is 19.7 Å². The van der Waals surface area contributed by atoms with E-state index in [1.54, 1.807) is 0 Å². The van der Waals surface area contributed by atoms with E-state index in [1.807, 2.05) is 24.3 Å². The zero-order chi connectivity index (χ0) is 20.0. The minimum Gasteiger partial charge on any atom is -0.489 e. The summed E-state index contributed by atoms with van der Waals surface area (Å²) in [7, 11) is 0. The van der Waals surface area contributed by atoms with Gasteiger partial charge in [0.2, 0.25) is 0 Å². The first-order chi connectivity index (χ1) is 12.9. The van der Waals surface area contributed by atoms with Gasteiger partial charge in [0.25, 0.3) is 0 Å². The van der Waals surface area contributed by atoms with Gasteiger partial charge in [-0.25, -0.2) is 0 Å². The molecule has 0 aliphatic heterocycles. The molecule has 2 N–H and O–H groups in total. The first-order valence-corrected chi connectivity index (χ1v) is 11.5. The Balaban J connectivity index is 2.39. The van der Waals surface area contributed by atoms with E-state index in [1.165, 1.54) is 0 Å². The Morgan fingerprint density at radius 3 is 1.33 bits per heavy atom. The Labute approximate surface area is 192 Å². The maximum absolute atomic E-state index is 8.98. The third kappa shape index (κ3) is 5.93. The summed E-state index contributed by atoms with van der Waals surface area (Å²) < 4.78 is 14.5. The minimum atomic E-state index is -0.0367. The first-order valence-electron chi connectivity index (χ1n) is 8.38. The van der Waals surface area contributed by atoms with Gasteiger partial charge in [-0.05, 0) is 106 Å². The van der Waals surface area contributed by atoms with Crippen LogP contribution in [0.3, 0.4) is 0 Å². The normalized spacial score (nSPS) is 11.1. The topological polar surface area (TPSA) is 58.9 Å². The van der Waals surface area contributed by atoms with Crippen molar-refractivity contribution in [3.63, 3.8) is 0 Å². The van der Waals surface area contributed by atoms with E-state index in [0.717, 1.165) is 35.4 Å². The van der Waals surface area contributed by atoms with E-state index in [0.29, 0.717) is 11.5 Å². The molecule has 0 heterocycles. The van der Waals surface area contributed by atoms with Crippen molar-refractivity contribution in [2.45, 2.75) is 19.3 Å². The lowest BCUT2D eigenvalue weighted by atomic mass is 9.89. The minimum absolute atomic E-state index is 0.0367. The van der Waals surface area contributed by atoms with Gasteiger partial charge in [0, 0.05) is 5.92 Å². The van der Waals surface area contributed by atoms with Crippen molar-refractivity contribution >= 4 is 63.7 Å². The van der Waals surface area contributed by atoms with Crippen LogP contribution >= 0.6 is 63.7 Å². The lowest BCUT2D eigenvalue weighted by molar-refractivity contribution is 0.200. The van der Waals surface area contributed by atoms with Crippen molar-refractivity contribution in [3.05, 3.63) is 53.3 Å². The number of rotatable bonds is 9. The average molecular weight is 632 g/mol. The fourth-order valence-corrected chi connectivity index (χ4v) is 5.70. The molecule has 148 valence electrons. The highest BCUT2D eigenvalue weighted by molar-refractivity contribution is 9.11. The molecule has 0 fully saturated rings. The van der Waals surface area contributed by atoms with Gasteiger partial charge in [-0.15, -0.1) is 0 Å². The second-order valence-corrected chi connectivity index (χ2v) is 9.15. The molecular formula is C19H20Br4O4. The lowest BCUT2D eigenvalue weighted by Gasteiger charge is -2.20. The first kappa shape index (κ1) is 23.2. The predicted molar refractivity (Wildman–Crippen MR) is 121 cm³/mol. The summed E-state index contributed by atoms with van der Waals surface area (Å²) in [4.78, 5) is 0. The van der Waals surface area contributed by atoms with Crippen molar-refractivity contribution in [2.75, 3.05) is 26.4 Å². The SMILES string of the molecule is CCC(c1cc(Br)c(OCCO)c(Br)c1)c1cc(Br)c(OCCO)c(Br)c1. The molecule has 2 aromatic carbocycles. The van der Waals surface area contributed by atoms with Gasteiger partial charge < -0.3 is 19.7 Å². The number of ether oxygens (including phenoxy) is 2. The van der Waals surface area contributed by atoms with Crippen LogP contribution in [0.2, 0.25) is 0 Å². The van der Waals surface area contributed by atoms with Crippen molar-refractivity contribution in [1.82, 2.24) is 0 Å². The fourth-order valence-electron chi connectivity index (χ4n) is 2.80. The van der Waals surface area contributed by atoms with E-state index in [2.05, 4.69) is 70.6 Å². The van der Waals surface area contributed by atoms with E-state index < -0.39 is 0 Å². The maximum atomic E-state index is 8.98. The molecular weight excluding hydrogens is 612 g/mol. The molecule has 4 nitrogen and oxygen atoms in total. The molecule has 0 unspecified atom stereocenters. The summed E-state index contributed by atoms with van der Waals surface area (Å²) in [5.74, 6) is 1.53. The summed E-state index contributed by atoms with van der Waals surface area (Å²) in [5.41, 5.74) is 2.27. The molecule has 0 radical (unpaired) electrons. The van der Waals surface area contributed by atoms with Crippen LogP contribution in [0.25, 0.3) is 0 Å². The number of hydrogen-bond acceptors (Lipinski definition) is 4. The van der Waals surface area contributed by atoms with Crippen LogP contribution in [-0.2, 0) is 0 Å². The highest BCUT2D eigenvalue weighted by Crippen LogP contribution is 2.42. The molecule has 2 aromatic rings. The third-order valence-electron chi connectivity index (χ3n) is 3.93. The molecule has 8 heteroatoms. The smallest absolute Gasteiger partial charge is 0.147 e. The fraction of sp³-hybridized carbons (Fsp3) is 0.368. The second-order valence-electron chi connectivity index (χ2n) is 5.73. The van der Waals surface area contributed by atoms with Crippen LogP contribution in [-0.4, -0.2) is 36.6 Å². The summed E-state index contributed by atoms with van der Waals surface area (Å²) in [6, 6.07) is 8.18. The number of aliphatic hydroxyl groups is 2. The second kappa shape index (κ2) is 11.2. The molecule has 0 saturated carbocycles. The van der Waals surface area contributed by atoms with Crippen LogP contribution in [0.15, 0.2) is 42.2 Å². The molecule has 0 saturated heterocycles. The van der Waals surface area contributed by atoms with E-state index in [9.17, 15) is 0 Å². The van der Waals surface area contributed by atoms with Crippen LogP contribution in [0.5, 0.6) is 11.5 Å². The molecule has 0 amide bonds. The van der Waals surface area contributed by atoms with Gasteiger partial charge in [-0.3, -0.25) is 0 Å². The average Bonchev–Trinajstić information content (AvgIpc) is 2.61. The van der Waals surface area contributed by atoms with Crippen LogP contribution in [0.1, 0.15) is 30.4 Å². The molecule has 0 spiro atoms. The molecule has 27 heavy (non-hydrogen) atoms. The van der Waals surface area contributed by atoms with Gasteiger partial charge in [0.05, 0.1) is 31.1 Å². The molecule has 0 atom stereocenters. The highest BCUT2D eigenvalue weighted by Gasteiger charge is 2.19. The summed E-state index contributed by atoms with van der Waals surface area (Å²) >= 11 is 14.3. The highest BCUT2D eigenvalue weighted by atomic mass is 79.9. The van der Waals surface area contributed by atoms with Gasteiger partial charge in [0.15, 0.2) is 0 Å². The molecule has 0 aromatic heterocycles. The molecule has 0 aliphatic rings. The van der Waals surface area contributed by atoms with Crippen LogP contribution in [0.4, 0.5) is 0 Å². The van der Waals surface area contributed by atoms with E-state index >= 15 is 0 Å². The predicted octanol–water partition coefficient (Wildman–Crippen LogP) is 6.02. The zero-order valence-electron chi connectivity index (χ0n) is 14.6. The zero-order valence-corrected chi connectivity index (χ0v) is 21.0. The monoisotopic (exact) mass is 628 g/mol. The van der Waals surface area contributed by atoms with E-state index in [-0.39, 0.29) is 32.3 Å². The maximum Gasteiger partial charge on any atom is 0.147 e. The molecule has 2 rings (SSSR count). The summed E-state index contributed by atoms with van der Waals surface area (Å²) in [6.07, 6.45) is 0.908. The van der Waals surface area contributed by atoms with Crippen molar-refractivity contribution in [1.29, 1.82) is 0 Å². The van der Waals surface area contributed by atoms with Crippen LogP contribution in [0, 0.1) is 0 Å². The van der Waals surface area contributed by atoms with Crippen molar-refractivity contribution in [3.8, 4) is 11.5 Å². The summed E-state index contributed by atoms with van der Waals surface area (Å²) in [5, 5.41) is 18.0. The number of benzene rings is 2. The van der Waals surface area contributed by atoms with Gasteiger partial charge in [-0.2, -0.15) is 0 Å². The van der Waals surface area contributed by atoms with Gasteiger partial charge in [0.1, 0.15) is 24.7 Å². The number of halogens is 4. The number of aliphatic hydroxyl groups excluding tert-OH is 2. The summed E-state index contributed by atoms with van der Waals surface area (Å²) in [6.45, 7) is 2.54. The van der Waals surface area contributed by atoms with Gasteiger partial charge in [-0.1, -0.05) is 6.92 Å². The molecule has 0 bridgehead atoms. The lowest BCUT2D eigenvalue weighted by Crippen LogP contribution is -2.06. The molecule has 0 aliphatic carbocycles. The third-order valence-corrected chi connectivity index (χ3v) is 6.29. The number of hydrogen-bond donors (Lipinski definition) is 2. The van der Waals surface area contributed by atoms with Crippen LogP contribution < -0.4 is 9.47 Å². The standard InChI is InChI=1S/C19H20Br4O4/c1-2-13(11-7-14(20)18(15(21)8-11)26-5-3-24)12-9-16(22)19(17(23)10-12)27-6-4-25/h7-10,13,24-25H,2-6H2,1H3. The van der Waals surface area contributed by atoms with E-state index in [4.69, 9.17) is 19.7 Å². The Hall–Kier alpha value is -0.120. The quantitative estimate of drug-likeness (QED) is 0.356. The Bertz CT molecular complexity index is 673. The van der Waals surface area contributed by atoms with Crippen molar-refractivity contribution in [2.24, 2.45) is 0 Å². The Morgan fingerprint density at radius 2 is 1.07 bits per heavy atom. The Kier molecular flexibility index (Phi) is 9.58. The Morgan fingerprint density at radius 1 is 0.741 bits per heavy atom.